The van der Waals surface area contributed by atoms with Crippen LogP contribution in [0.3, 0.4) is 0 Å². The number of halogens is 5. The second-order valence-electron chi connectivity index (χ2n) is 3.21. The van der Waals surface area contributed by atoms with Crippen molar-refractivity contribution in [3.63, 3.8) is 0 Å². The molecule has 2 aromatic heterocycles. The van der Waals surface area contributed by atoms with Crippen LogP contribution >= 0.6 is 31.9 Å². The van der Waals surface area contributed by atoms with Crippen molar-refractivity contribution in [3.05, 3.63) is 14.9 Å². The lowest BCUT2D eigenvalue weighted by Gasteiger charge is -2.09. The maximum absolute atomic E-state index is 12.8. The average molecular weight is 390 g/mol. The summed E-state index contributed by atoms with van der Waals surface area (Å²) in [5, 5.41) is 0. The molecule has 5 nitrogen and oxygen atoms in total. The molecule has 0 radical (unpaired) electrons. The second kappa shape index (κ2) is 4.26. The summed E-state index contributed by atoms with van der Waals surface area (Å²) in [7, 11) is 1.10. The van der Waals surface area contributed by atoms with Gasteiger partial charge in [0.2, 0.25) is 0 Å². The van der Waals surface area contributed by atoms with Gasteiger partial charge in [0, 0.05) is 0 Å². The number of pyridine rings is 1. The minimum Gasteiger partial charge on any atom is -0.415 e. The molecular weight excluding hydrogens is 385 g/mol. The van der Waals surface area contributed by atoms with Crippen LogP contribution in [-0.4, -0.2) is 21.8 Å². The Morgan fingerprint density at radius 2 is 1.89 bits per heavy atom. The third kappa shape index (κ3) is 1.92. The molecule has 0 bridgehead atoms. The van der Waals surface area contributed by atoms with Crippen LogP contribution in [0, 0.1) is 0 Å². The molecule has 2 rings (SSSR count). The Morgan fingerprint density at radius 1 is 1.28 bits per heavy atom. The minimum atomic E-state index is -4.66. The highest BCUT2D eigenvalue weighted by molar-refractivity contribution is 9.11. The molecule has 0 saturated carbocycles. The molecule has 0 aromatic carbocycles. The molecule has 18 heavy (non-hydrogen) atoms. The number of alkyl halides is 3. The fraction of sp³-hybridized carbons (Fsp3) is 0.250. The fourth-order valence-corrected chi connectivity index (χ4v) is 2.55. The number of hydrogen-bond acceptors (Lipinski definition) is 4. The molecule has 98 valence electrons. The van der Waals surface area contributed by atoms with Crippen LogP contribution < -0.4 is 10.6 Å². The van der Waals surface area contributed by atoms with Gasteiger partial charge in [0.05, 0.1) is 10.2 Å². The number of nitrogens with zero attached hydrogens (tertiary/aromatic N) is 3. The van der Waals surface area contributed by atoms with E-state index < -0.39 is 12.0 Å². The number of fused-ring (bicyclic) bond motifs is 1. The Bertz CT molecular complexity index is 625. The van der Waals surface area contributed by atoms with Crippen molar-refractivity contribution < 1.29 is 18.0 Å². The first kappa shape index (κ1) is 13.4. The largest absolute Gasteiger partial charge is 0.453 e. The highest BCUT2D eigenvalue weighted by Gasteiger charge is 2.39. The van der Waals surface area contributed by atoms with Crippen LogP contribution in [-0.2, 0) is 6.18 Å². The Balaban J connectivity index is 2.91. The van der Waals surface area contributed by atoms with Crippen molar-refractivity contribution >= 4 is 48.7 Å². The average Bonchev–Trinajstić information content (AvgIpc) is 2.64. The van der Waals surface area contributed by atoms with Crippen molar-refractivity contribution in [3.8, 4) is 0 Å². The van der Waals surface area contributed by atoms with Gasteiger partial charge in [0.1, 0.15) is 17.2 Å². The van der Waals surface area contributed by atoms with Crippen LogP contribution in [0.25, 0.3) is 11.2 Å². The van der Waals surface area contributed by atoms with Gasteiger partial charge in [-0.3, -0.25) is 0 Å². The lowest BCUT2D eigenvalue weighted by Crippen LogP contribution is -2.18. The van der Waals surface area contributed by atoms with Crippen LogP contribution in [0.1, 0.15) is 5.82 Å². The third-order valence-electron chi connectivity index (χ3n) is 2.13. The summed E-state index contributed by atoms with van der Waals surface area (Å²) in [5.74, 6) is -1.20. The topological polar surface area (TPSA) is 66.0 Å². The normalized spacial score (nSPS) is 12.1. The van der Waals surface area contributed by atoms with Gasteiger partial charge in [-0.2, -0.15) is 17.9 Å². The quantitative estimate of drug-likeness (QED) is 0.761. The van der Waals surface area contributed by atoms with Gasteiger partial charge in [-0.15, -0.1) is 0 Å². The molecule has 0 fully saturated rings. The highest BCUT2D eigenvalue weighted by Crippen LogP contribution is 2.37. The van der Waals surface area contributed by atoms with Crippen molar-refractivity contribution in [1.29, 1.82) is 0 Å². The zero-order chi connectivity index (χ0) is 13.7. The first-order chi connectivity index (χ1) is 8.27. The SMILES string of the molecule is COn1c(C(F)(F)F)nc2nc(Br)c(N)c(Br)c21. The van der Waals surface area contributed by atoms with Crippen molar-refractivity contribution in [2.24, 2.45) is 0 Å². The highest BCUT2D eigenvalue weighted by atomic mass is 79.9. The maximum atomic E-state index is 12.8. The van der Waals surface area contributed by atoms with Gasteiger partial charge in [-0.05, 0) is 31.9 Å². The first-order valence-corrected chi connectivity index (χ1v) is 6.00. The van der Waals surface area contributed by atoms with Gasteiger partial charge < -0.3 is 10.6 Å². The molecule has 10 heteroatoms. The Morgan fingerprint density at radius 3 is 2.39 bits per heavy atom. The van der Waals surface area contributed by atoms with Gasteiger partial charge in [-0.1, -0.05) is 0 Å². The van der Waals surface area contributed by atoms with Gasteiger partial charge >= 0.3 is 6.18 Å². The molecule has 0 amide bonds. The summed E-state index contributed by atoms with van der Waals surface area (Å²) in [6, 6.07) is 0. The van der Waals surface area contributed by atoms with E-state index in [9.17, 15) is 13.2 Å². The molecule has 0 spiro atoms. The molecule has 2 N–H and O–H groups in total. The van der Waals surface area contributed by atoms with Gasteiger partial charge in [0.15, 0.2) is 5.65 Å². The molecule has 2 heterocycles. The van der Waals surface area contributed by atoms with Crippen molar-refractivity contribution in [2.75, 3.05) is 12.8 Å². The van der Waals surface area contributed by atoms with Gasteiger partial charge in [-0.25, -0.2) is 9.97 Å². The summed E-state index contributed by atoms with van der Waals surface area (Å²) in [4.78, 5) is 11.9. The van der Waals surface area contributed by atoms with E-state index in [-0.39, 0.29) is 25.9 Å². The van der Waals surface area contributed by atoms with Crippen molar-refractivity contribution in [1.82, 2.24) is 14.7 Å². The minimum absolute atomic E-state index is 0.0190. The molecule has 0 aliphatic heterocycles. The fourth-order valence-electron chi connectivity index (χ4n) is 1.39. The van der Waals surface area contributed by atoms with E-state index in [4.69, 9.17) is 10.6 Å². The summed E-state index contributed by atoms with van der Waals surface area (Å²) >= 11 is 6.14. The maximum Gasteiger partial charge on any atom is 0.453 e. The zero-order valence-electron chi connectivity index (χ0n) is 8.72. The number of imidazole rings is 1. The summed E-state index contributed by atoms with van der Waals surface area (Å²) in [5.41, 5.74) is 5.71. The Hall–Kier alpha value is -1.03. The Kier molecular flexibility index (Phi) is 3.18. The molecule has 0 aliphatic rings. The van der Waals surface area contributed by atoms with Crippen LogP contribution in [0.15, 0.2) is 9.08 Å². The molecule has 0 unspecified atom stereocenters. The Labute approximate surface area is 115 Å². The predicted molar refractivity (Wildman–Crippen MR) is 64.8 cm³/mol. The van der Waals surface area contributed by atoms with E-state index in [0.29, 0.717) is 4.73 Å². The first-order valence-electron chi connectivity index (χ1n) is 4.42. The van der Waals surface area contributed by atoms with E-state index >= 15 is 0 Å². The lowest BCUT2D eigenvalue weighted by molar-refractivity contribution is -0.153. The summed E-state index contributed by atoms with van der Waals surface area (Å²) < 4.78 is 39.2. The van der Waals surface area contributed by atoms with Crippen LogP contribution in [0.5, 0.6) is 0 Å². The van der Waals surface area contributed by atoms with Crippen LogP contribution in [0.2, 0.25) is 0 Å². The number of nitrogens with two attached hydrogens (primary N) is 1. The smallest absolute Gasteiger partial charge is 0.415 e. The molecular formula is C8H5Br2F3N4O. The molecule has 2 aromatic rings. The van der Waals surface area contributed by atoms with Crippen LogP contribution in [0.4, 0.5) is 18.9 Å². The zero-order valence-corrected chi connectivity index (χ0v) is 11.9. The lowest BCUT2D eigenvalue weighted by atomic mass is 10.4. The summed E-state index contributed by atoms with van der Waals surface area (Å²) in [6.45, 7) is 0. The molecule has 0 atom stereocenters. The number of rotatable bonds is 1. The molecule has 0 saturated heterocycles. The van der Waals surface area contributed by atoms with E-state index in [2.05, 4.69) is 41.8 Å². The third-order valence-corrected chi connectivity index (χ3v) is 3.53. The monoisotopic (exact) mass is 388 g/mol. The van der Waals surface area contributed by atoms with Crippen molar-refractivity contribution in [2.45, 2.75) is 6.18 Å². The molecule has 0 aliphatic carbocycles. The van der Waals surface area contributed by atoms with E-state index in [1.807, 2.05) is 0 Å². The van der Waals surface area contributed by atoms with Gasteiger partial charge in [0.25, 0.3) is 5.82 Å². The van der Waals surface area contributed by atoms with E-state index in [0.717, 1.165) is 7.11 Å². The second-order valence-corrected chi connectivity index (χ2v) is 4.76. The van der Waals surface area contributed by atoms with E-state index in [1.165, 1.54) is 0 Å². The van der Waals surface area contributed by atoms with E-state index in [1.54, 1.807) is 0 Å². The number of nitrogen functional groups attached to an aromatic ring is 1. The standard InChI is InChI=1S/C8H5Br2F3N4O/c1-18-17-4-2(9)3(14)5(10)15-6(4)16-7(17)8(11,12)13/h14H2,1H3. The number of aromatic nitrogens is 3. The number of hydrogen-bond donors (Lipinski definition) is 1. The summed E-state index contributed by atoms with van der Waals surface area (Å²) in [6.07, 6.45) is -4.66. The predicted octanol–water partition coefficient (Wildman–Crippen LogP) is 2.62. The number of anilines is 1.